The number of nitrogens with zero attached hydrogens (tertiary/aromatic N) is 1. The first-order valence-electron chi connectivity index (χ1n) is 30.5. The fraction of sp³-hybridized carbons (Fsp3) is 0.0588. The molecule has 16 rings (SSSR count). The second kappa shape index (κ2) is 22.1. The maximum Gasteiger partial charge on any atom is 0.0541 e. The summed E-state index contributed by atoms with van der Waals surface area (Å²) in [6, 6.07) is 95.8. The number of allylic oxidation sites excluding steroid dienone is 9. The van der Waals surface area contributed by atoms with Gasteiger partial charge in [0.25, 0.3) is 0 Å². The van der Waals surface area contributed by atoms with Crippen LogP contribution in [0.4, 0.5) is 0 Å². The average molecular weight is 1160 g/mol. The van der Waals surface area contributed by atoms with Crippen LogP contribution in [0.2, 0.25) is 0 Å². The lowest BCUT2D eigenvalue weighted by Gasteiger charge is -2.29. The summed E-state index contributed by atoms with van der Waals surface area (Å²) in [5, 5.41) is 5.01. The maximum atomic E-state index is 2.52. The monoisotopic (exact) mass is 1160 g/mol. The average Bonchev–Trinajstić information content (AvgIpc) is 1.67. The van der Waals surface area contributed by atoms with Crippen LogP contribution in [0.3, 0.4) is 0 Å². The van der Waals surface area contributed by atoms with Crippen molar-refractivity contribution in [2.45, 2.75) is 27.5 Å². The minimum atomic E-state index is -1.39. The first-order valence-corrected chi connectivity index (χ1v) is 34.2. The van der Waals surface area contributed by atoms with E-state index in [-0.39, 0.29) is 0 Å². The van der Waals surface area contributed by atoms with E-state index in [1.807, 2.05) is 0 Å². The number of benzene rings is 12. The van der Waals surface area contributed by atoms with Gasteiger partial charge in [-0.15, -0.1) is 11.8 Å². The Morgan fingerprint density at radius 2 is 0.920 bits per heavy atom. The van der Waals surface area contributed by atoms with E-state index in [0.717, 1.165) is 12.8 Å². The number of hydrogen-bond donors (Lipinski definition) is 0. The summed E-state index contributed by atoms with van der Waals surface area (Å²) in [5.41, 5.74) is 28.8. The minimum Gasteiger partial charge on any atom is -0.309 e. The highest BCUT2D eigenvalue weighted by molar-refractivity contribution is 8.33. The van der Waals surface area contributed by atoms with Gasteiger partial charge in [-0.1, -0.05) is 249 Å². The Kier molecular flexibility index (Phi) is 13.5. The van der Waals surface area contributed by atoms with Gasteiger partial charge in [0.15, 0.2) is 0 Å². The van der Waals surface area contributed by atoms with Gasteiger partial charge in [0, 0.05) is 31.1 Å². The van der Waals surface area contributed by atoms with Gasteiger partial charge in [0.2, 0.25) is 0 Å². The number of aromatic nitrogens is 1. The third-order valence-electron chi connectivity index (χ3n) is 18.6. The smallest absolute Gasteiger partial charge is 0.0541 e. The Hall–Kier alpha value is -9.90. The summed E-state index contributed by atoms with van der Waals surface area (Å²) in [4.78, 5) is 4.17. The second-order valence-corrected chi connectivity index (χ2v) is 28.2. The maximum absolute atomic E-state index is 2.52. The SMILES string of the molecule is CSc1ccccc1-c1cccc(-c2ccc3c(c2)S(C)(C)c2cc(-n4c5ccc(-c6ccc(C7=CC=C(c8cccc9c8C=CC=CC9)C=CC7)cc6)cc5c5cc(-c6ccc(-c7ccc(-c8cccc9ccccc89)cc7)cc6)ccc54)ccc2-3)c1. The zero-order chi connectivity index (χ0) is 58.9. The lowest BCUT2D eigenvalue weighted by atomic mass is 9.93. The van der Waals surface area contributed by atoms with Crippen LogP contribution in [0.25, 0.3) is 133 Å². The number of hydrogen-bond acceptors (Lipinski definition) is 1. The van der Waals surface area contributed by atoms with E-state index >= 15 is 0 Å². The summed E-state index contributed by atoms with van der Waals surface area (Å²) in [5.74, 6) is 0. The summed E-state index contributed by atoms with van der Waals surface area (Å²) in [6.07, 6.45) is 27.0. The van der Waals surface area contributed by atoms with Gasteiger partial charge in [-0.25, -0.2) is 0 Å². The highest BCUT2D eigenvalue weighted by atomic mass is 32.3. The predicted octanol–water partition coefficient (Wildman–Crippen LogP) is 23.7. The molecule has 3 heteroatoms. The van der Waals surface area contributed by atoms with Crippen molar-refractivity contribution in [2.24, 2.45) is 0 Å². The fourth-order valence-corrected chi connectivity index (χ4v) is 17.1. The Morgan fingerprint density at radius 3 is 1.67 bits per heavy atom. The Labute approximate surface area is 522 Å². The molecule has 0 saturated carbocycles. The van der Waals surface area contributed by atoms with Gasteiger partial charge < -0.3 is 4.57 Å². The van der Waals surface area contributed by atoms with E-state index < -0.39 is 10.0 Å². The van der Waals surface area contributed by atoms with E-state index in [1.54, 1.807) is 11.8 Å². The molecule has 0 atom stereocenters. The topological polar surface area (TPSA) is 4.93 Å². The quantitative estimate of drug-likeness (QED) is 0.124. The van der Waals surface area contributed by atoms with Crippen LogP contribution in [0.15, 0.2) is 312 Å². The molecule has 0 amide bonds. The summed E-state index contributed by atoms with van der Waals surface area (Å²) < 4.78 is 2.52. The van der Waals surface area contributed by atoms with E-state index in [2.05, 4.69) is 327 Å². The van der Waals surface area contributed by atoms with Gasteiger partial charge in [-0.2, -0.15) is 10.0 Å². The van der Waals surface area contributed by atoms with E-state index in [0.29, 0.717) is 0 Å². The van der Waals surface area contributed by atoms with E-state index in [9.17, 15) is 0 Å². The number of rotatable bonds is 10. The third kappa shape index (κ3) is 9.45. The molecule has 3 aliphatic rings. The van der Waals surface area contributed by atoms with Crippen LogP contribution in [0, 0.1) is 0 Å². The van der Waals surface area contributed by atoms with Gasteiger partial charge in [-0.3, -0.25) is 0 Å². The second-order valence-electron chi connectivity index (χ2n) is 23.8. The van der Waals surface area contributed by atoms with Crippen molar-refractivity contribution in [3.63, 3.8) is 0 Å². The first-order chi connectivity index (χ1) is 43.3. The fourth-order valence-electron chi connectivity index (χ4n) is 13.9. The molecule has 88 heavy (non-hydrogen) atoms. The minimum absolute atomic E-state index is 0.874. The van der Waals surface area contributed by atoms with Crippen molar-refractivity contribution < 1.29 is 0 Å². The Bertz CT molecular complexity index is 5110. The van der Waals surface area contributed by atoms with Gasteiger partial charge >= 0.3 is 0 Å². The molecule has 0 N–H and O–H groups in total. The highest BCUT2D eigenvalue weighted by Gasteiger charge is 2.33. The lowest BCUT2D eigenvalue weighted by molar-refractivity contribution is 1.16. The first kappa shape index (κ1) is 53.6. The van der Waals surface area contributed by atoms with Crippen LogP contribution in [0.5, 0.6) is 0 Å². The molecule has 0 spiro atoms. The molecule has 0 saturated heterocycles. The van der Waals surface area contributed by atoms with Crippen molar-refractivity contribution in [2.75, 3.05) is 18.8 Å². The Balaban J connectivity index is 0.752. The molecule has 13 aromatic rings. The molecular formula is C85H63NS2. The molecular weight excluding hydrogens is 1100 g/mol. The van der Waals surface area contributed by atoms with Crippen molar-refractivity contribution in [3.05, 3.63) is 320 Å². The van der Waals surface area contributed by atoms with Gasteiger partial charge in [0.1, 0.15) is 0 Å². The van der Waals surface area contributed by atoms with Crippen LogP contribution >= 0.6 is 21.8 Å². The molecule has 0 bridgehead atoms. The summed E-state index contributed by atoms with van der Waals surface area (Å²) in [7, 11) is -1.39. The van der Waals surface area contributed by atoms with E-state index in [1.165, 1.54) is 164 Å². The molecule has 1 aliphatic heterocycles. The molecule has 1 aromatic heterocycles. The zero-order valence-corrected chi connectivity index (χ0v) is 51.2. The third-order valence-corrected chi connectivity index (χ3v) is 22.2. The molecule has 420 valence electrons. The largest absolute Gasteiger partial charge is 0.309 e. The van der Waals surface area contributed by atoms with Crippen molar-refractivity contribution in [3.8, 4) is 83.6 Å². The summed E-state index contributed by atoms with van der Waals surface area (Å²) in [6.45, 7) is 0. The predicted molar refractivity (Wildman–Crippen MR) is 382 cm³/mol. The number of thioether (sulfide) groups is 1. The van der Waals surface area contributed by atoms with Crippen molar-refractivity contribution in [1.29, 1.82) is 0 Å². The molecule has 0 unspecified atom stereocenters. The number of fused-ring (bicyclic) bond motifs is 8. The zero-order valence-electron chi connectivity index (χ0n) is 49.5. The van der Waals surface area contributed by atoms with E-state index in [4.69, 9.17) is 0 Å². The van der Waals surface area contributed by atoms with Crippen LogP contribution in [0.1, 0.15) is 28.7 Å². The van der Waals surface area contributed by atoms with Gasteiger partial charge in [0.05, 0.1) is 11.0 Å². The van der Waals surface area contributed by atoms with Crippen LogP contribution < -0.4 is 0 Å². The van der Waals surface area contributed by atoms with Crippen molar-refractivity contribution in [1.82, 2.24) is 4.57 Å². The standard InChI is InChI=1S/C85H63NS2/c1-87-83-28-10-9-25-76(83)70-22-12-21-66(51-70)69-43-47-77-78-48-46-71(55-85(78)88(2,3)84(77)54-69)86-81-49-44-67(60-33-29-57(30-34-60)56-17-11-18-64(40-37-56)74-26-13-19-62-15-5-4-6-23-72(62)74)52-79(81)80-53-68(45-50-82(80)86)61-35-31-58(32-36-61)59-38-41-65(42-39-59)75-27-14-20-63-16-7-8-24-73(63)75/h4-14,16,18-55H,15,17H2,1-3H3. The molecule has 0 radical (unpaired) electrons. The molecule has 2 heterocycles. The van der Waals surface area contributed by atoms with Crippen LogP contribution in [-0.2, 0) is 6.42 Å². The molecule has 0 fully saturated rings. The normalized spacial score (nSPS) is 14.3. The molecule has 1 nitrogen and oxygen atoms in total. The molecule has 2 aliphatic carbocycles. The highest BCUT2D eigenvalue weighted by Crippen LogP contribution is 2.68. The van der Waals surface area contributed by atoms with Gasteiger partial charge in [-0.05, 0) is 208 Å². The summed E-state index contributed by atoms with van der Waals surface area (Å²) >= 11 is 1.80. The lowest BCUT2D eigenvalue weighted by Crippen LogP contribution is -1.97. The molecule has 12 aromatic carbocycles. The Morgan fingerprint density at radius 1 is 0.364 bits per heavy atom. The van der Waals surface area contributed by atoms with Crippen molar-refractivity contribution >= 4 is 71.6 Å². The van der Waals surface area contributed by atoms with Crippen LogP contribution in [-0.4, -0.2) is 23.3 Å².